The van der Waals surface area contributed by atoms with Crippen molar-refractivity contribution in [2.24, 2.45) is 0 Å². The van der Waals surface area contributed by atoms with Gasteiger partial charge in [-0.1, -0.05) is 36.4 Å². The first-order chi connectivity index (χ1) is 13.6. The highest BCUT2D eigenvalue weighted by molar-refractivity contribution is 6.06. The van der Waals surface area contributed by atoms with Crippen LogP contribution in [0.1, 0.15) is 22.5 Å². The number of nitrogens with zero attached hydrogens (tertiary/aromatic N) is 4. The van der Waals surface area contributed by atoms with E-state index in [9.17, 15) is 9.18 Å². The van der Waals surface area contributed by atoms with Gasteiger partial charge in [-0.15, -0.1) is 0 Å². The Bertz CT molecular complexity index is 1160. The molecule has 2 N–H and O–H groups in total. The molecule has 28 heavy (non-hydrogen) atoms. The van der Waals surface area contributed by atoms with Crippen molar-refractivity contribution in [3.05, 3.63) is 78.0 Å². The molecule has 0 atom stereocenters. The number of nitrogens with two attached hydrogens (primary N) is 1. The van der Waals surface area contributed by atoms with E-state index in [0.717, 1.165) is 11.1 Å². The maximum Gasteiger partial charge on any atom is 0.221 e. The monoisotopic (exact) mass is 373 g/mol. The molecule has 0 aliphatic carbocycles. The van der Waals surface area contributed by atoms with E-state index in [4.69, 9.17) is 5.73 Å². The smallest absolute Gasteiger partial charge is 0.221 e. The van der Waals surface area contributed by atoms with Gasteiger partial charge in [0.15, 0.2) is 11.6 Å². The fourth-order valence-corrected chi connectivity index (χ4v) is 3.11. The third kappa shape index (κ3) is 3.42. The van der Waals surface area contributed by atoms with E-state index in [1.807, 2.05) is 24.3 Å². The van der Waals surface area contributed by atoms with Crippen molar-refractivity contribution in [2.45, 2.75) is 12.8 Å². The summed E-state index contributed by atoms with van der Waals surface area (Å²) in [4.78, 5) is 29.4. The maximum atomic E-state index is 14.0. The molecule has 0 spiro atoms. The number of nitrogen functional groups attached to an aromatic ring is 1. The van der Waals surface area contributed by atoms with Crippen LogP contribution in [-0.4, -0.2) is 25.7 Å². The second-order valence-corrected chi connectivity index (χ2v) is 6.22. The average molecular weight is 373 g/mol. The van der Waals surface area contributed by atoms with Crippen LogP contribution in [-0.2, 0) is 6.42 Å². The normalized spacial score (nSPS) is 10.9. The number of halogens is 1. The number of carbonyl (C=O) groups is 1. The topological polar surface area (TPSA) is 94.7 Å². The van der Waals surface area contributed by atoms with Crippen LogP contribution in [0, 0.1) is 5.82 Å². The average Bonchev–Trinajstić information content (AvgIpc) is 2.73. The summed E-state index contributed by atoms with van der Waals surface area (Å²) in [6.45, 7) is 0. The first-order valence-electron chi connectivity index (χ1n) is 8.73. The lowest BCUT2D eigenvalue weighted by molar-refractivity contribution is 0.0980. The lowest BCUT2D eigenvalue weighted by Gasteiger charge is -2.09. The largest absolute Gasteiger partial charge is 0.368 e. The number of benzene rings is 2. The van der Waals surface area contributed by atoms with E-state index < -0.39 is 5.82 Å². The summed E-state index contributed by atoms with van der Waals surface area (Å²) in [7, 11) is 0. The van der Waals surface area contributed by atoms with Crippen LogP contribution in [0.5, 0.6) is 0 Å². The van der Waals surface area contributed by atoms with E-state index >= 15 is 0 Å². The zero-order valence-corrected chi connectivity index (χ0v) is 14.8. The SMILES string of the molecule is Nc1nc(C(=O)CCc2ccccc2-c2ncccn2)c2cccc(F)c2n1. The van der Waals surface area contributed by atoms with Gasteiger partial charge in [0, 0.05) is 29.8 Å². The molecule has 4 aromatic rings. The number of Topliss-reactive ketones (excluding diaryl/α,β-unsaturated/α-hetero) is 1. The number of carbonyl (C=O) groups excluding carboxylic acids is 1. The molecule has 0 saturated carbocycles. The number of aryl methyl sites for hydroxylation is 1. The van der Waals surface area contributed by atoms with Gasteiger partial charge in [0.1, 0.15) is 17.0 Å². The first kappa shape index (κ1) is 17.7. The molecule has 4 rings (SSSR count). The molecule has 0 aliphatic heterocycles. The summed E-state index contributed by atoms with van der Waals surface area (Å²) in [5.41, 5.74) is 7.68. The van der Waals surface area contributed by atoms with E-state index in [1.54, 1.807) is 24.5 Å². The summed E-state index contributed by atoms with van der Waals surface area (Å²) in [5, 5.41) is 0.360. The van der Waals surface area contributed by atoms with Crippen LogP contribution < -0.4 is 5.73 Å². The quantitative estimate of drug-likeness (QED) is 0.537. The second-order valence-electron chi connectivity index (χ2n) is 6.22. The molecular formula is C21H16FN5O. The molecule has 138 valence electrons. The van der Waals surface area contributed by atoms with Crippen LogP contribution in [0.15, 0.2) is 60.9 Å². The Kier molecular flexibility index (Phi) is 4.72. The number of rotatable bonds is 5. The minimum atomic E-state index is -0.535. The van der Waals surface area contributed by atoms with Gasteiger partial charge in [-0.2, -0.15) is 0 Å². The van der Waals surface area contributed by atoms with Gasteiger partial charge in [-0.3, -0.25) is 4.79 Å². The van der Waals surface area contributed by atoms with Crippen molar-refractivity contribution in [1.29, 1.82) is 0 Å². The summed E-state index contributed by atoms with van der Waals surface area (Å²) >= 11 is 0. The second kappa shape index (κ2) is 7.48. The lowest BCUT2D eigenvalue weighted by atomic mass is 9.99. The van der Waals surface area contributed by atoms with Gasteiger partial charge in [-0.05, 0) is 24.1 Å². The molecule has 7 heteroatoms. The van der Waals surface area contributed by atoms with Crippen molar-refractivity contribution in [1.82, 2.24) is 19.9 Å². The molecule has 0 amide bonds. The number of hydrogen-bond donors (Lipinski definition) is 1. The van der Waals surface area contributed by atoms with Crippen LogP contribution in [0.4, 0.5) is 10.3 Å². The molecule has 0 fully saturated rings. The van der Waals surface area contributed by atoms with Crippen LogP contribution >= 0.6 is 0 Å². The van der Waals surface area contributed by atoms with Gasteiger partial charge in [0.25, 0.3) is 0 Å². The van der Waals surface area contributed by atoms with E-state index in [-0.39, 0.29) is 29.4 Å². The van der Waals surface area contributed by atoms with E-state index in [2.05, 4.69) is 19.9 Å². The van der Waals surface area contributed by atoms with Crippen LogP contribution in [0.2, 0.25) is 0 Å². The fraction of sp³-hybridized carbons (Fsp3) is 0.0952. The molecule has 2 heterocycles. The summed E-state index contributed by atoms with van der Waals surface area (Å²) in [6.07, 6.45) is 4.00. The molecule has 2 aromatic heterocycles. The Morgan fingerprint density at radius 3 is 2.57 bits per heavy atom. The standard InChI is InChI=1S/C21H16FN5O/c22-16-8-3-7-15-18(16)26-21(23)27-19(15)17(28)10-9-13-5-1-2-6-14(13)20-24-11-4-12-25-20/h1-8,11-12H,9-10H2,(H2,23,26,27). The number of aromatic nitrogens is 4. The van der Waals surface area contributed by atoms with Gasteiger partial charge in [0.2, 0.25) is 5.95 Å². The van der Waals surface area contributed by atoms with Crippen molar-refractivity contribution in [3.63, 3.8) is 0 Å². The Hall–Kier alpha value is -3.74. The summed E-state index contributed by atoms with van der Waals surface area (Å²) in [5.74, 6) is -0.288. The number of para-hydroxylation sites is 1. The molecule has 0 aliphatic rings. The van der Waals surface area contributed by atoms with Gasteiger partial charge in [-0.25, -0.2) is 24.3 Å². The molecule has 0 saturated heterocycles. The summed E-state index contributed by atoms with van der Waals surface area (Å²) < 4.78 is 14.0. The highest BCUT2D eigenvalue weighted by Crippen LogP contribution is 2.24. The minimum absolute atomic E-state index is 0.0523. The first-order valence-corrected chi connectivity index (χ1v) is 8.73. The zero-order chi connectivity index (χ0) is 19.5. The van der Waals surface area contributed by atoms with Crippen molar-refractivity contribution >= 4 is 22.6 Å². The highest BCUT2D eigenvalue weighted by atomic mass is 19.1. The van der Waals surface area contributed by atoms with Crippen molar-refractivity contribution < 1.29 is 9.18 Å². The summed E-state index contributed by atoms with van der Waals surface area (Å²) in [6, 6.07) is 13.8. The van der Waals surface area contributed by atoms with E-state index in [0.29, 0.717) is 17.6 Å². The minimum Gasteiger partial charge on any atom is -0.368 e. The molecule has 0 radical (unpaired) electrons. The number of hydrogen-bond acceptors (Lipinski definition) is 6. The zero-order valence-electron chi connectivity index (χ0n) is 14.8. The third-order valence-corrected chi connectivity index (χ3v) is 4.40. The Balaban J connectivity index is 1.64. The van der Waals surface area contributed by atoms with Crippen LogP contribution in [0.3, 0.4) is 0 Å². The number of anilines is 1. The lowest BCUT2D eigenvalue weighted by Crippen LogP contribution is -2.09. The molecule has 2 aromatic carbocycles. The number of ketones is 1. The Morgan fingerprint density at radius 2 is 1.75 bits per heavy atom. The van der Waals surface area contributed by atoms with Gasteiger partial charge in [0.05, 0.1) is 0 Å². The maximum absolute atomic E-state index is 14.0. The Morgan fingerprint density at radius 1 is 0.964 bits per heavy atom. The van der Waals surface area contributed by atoms with Gasteiger partial charge < -0.3 is 5.73 Å². The fourth-order valence-electron chi connectivity index (χ4n) is 3.11. The van der Waals surface area contributed by atoms with Crippen molar-refractivity contribution in [2.75, 3.05) is 5.73 Å². The van der Waals surface area contributed by atoms with Crippen LogP contribution in [0.25, 0.3) is 22.3 Å². The molecule has 0 bridgehead atoms. The Labute approximate surface area is 160 Å². The van der Waals surface area contributed by atoms with E-state index in [1.165, 1.54) is 12.1 Å². The number of fused-ring (bicyclic) bond motifs is 1. The third-order valence-electron chi connectivity index (χ3n) is 4.40. The highest BCUT2D eigenvalue weighted by Gasteiger charge is 2.17. The van der Waals surface area contributed by atoms with Crippen molar-refractivity contribution in [3.8, 4) is 11.4 Å². The predicted molar refractivity (Wildman–Crippen MR) is 104 cm³/mol. The molecule has 6 nitrogen and oxygen atoms in total. The predicted octanol–water partition coefficient (Wildman–Crippen LogP) is 3.62. The van der Waals surface area contributed by atoms with Gasteiger partial charge >= 0.3 is 0 Å². The molecular weight excluding hydrogens is 357 g/mol. The molecule has 0 unspecified atom stereocenters.